The van der Waals surface area contributed by atoms with Gasteiger partial charge in [0.05, 0.1) is 6.04 Å². The van der Waals surface area contributed by atoms with E-state index in [1.165, 1.54) is 0 Å². The first-order valence-electron chi connectivity index (χ1n) is 7.21. The zero-order valence-electron chi connectivity index (χ0n) is 12.5. The fraction of sp³-hybridized carbons (Fsp3) is 0.714. The van der Waals surface area contributed by atoms with Gasteiger partial charge in [0, 0.05) is 32.0 Å². The maximum Gasteiger partial charge on any atom is 0.239 e. The minimum absolute atomic E-state index is 0. The molecular formula is C14H25ClN4OS. The topological polar surface area (TPSA) is 64.2 Å². The molecule has 120 valence electrons. The van der Waals surface area contributed by atoms with Gasteiger partial charge in [0.25, 0.3) is 0 Å². The predicted octanol–water partition coefficient (Wildman–Crippen LogP) is 1.62. The number of aromatic nitrogens is 2. The number of halogens is 1. The molecule has 0 bridgehead atoms. The van der Waals surface area contributed by atoms with E-state index < -0.39 is 0 Å². The Morgan fingerprint density at radius 2 is 2.19 bits per heavy atom. The van der Waals surface area contributed by atoms with Gasteiger partial charge in [-0.2, -0.15) is 16.9 Å². The first kappa shape index (κ1) is 18.3. The van der Waals surface area contributed by atoms with E-state index in [2.05, 4.69) is 5.10 Å². The van der Waals surface area contributed by atoms with Gasteiger partial charge in [-0.25, -0.2) is 0 Å². The van der Waals surface area contributed by atoms with Gasteiger partial charge in [0.2, 0.25) is 5.91 Å². The summed E-state index contributed by atoms with van der Waals surface area (Å²) in [6, 6.07) is 1.62. The molecule has 1 aromatic heterocycles. The van der Waals surface area contributed by atoms with Crippen molar-refractivity contribution in [3.63, 3.8) is 0 Å². The maximum atomic E-state index is 12.2. The highest BCUT2D eigenvalue weighted by molar-refractivity contribution is 7.98. The molecule has 1 aromatic rings. The fourth-order valence-electron chi connectivity index (χ4n) is 2.61. The van der Waals surface area contributed by atoms with Crippen LogP contribution in [0, 0.1) is 5.92 Å². The van der Waals surface area contributed by atoms with Crippen molar-refractivity contribution in [3.8, 4) is 0 Å². The summed E-state index contributed by atoms with van der Waals surface area (Å²) in [6.45, 7) is 2.61. The SMILES string of the molecule is CSCC[C@H](N)C(=O)N1CCC(Cn2cccn2)CC1.Cl. The van der Waals surface area contributed by atoms with Crippen molar-refractivity contribution in [2.45, 2.75) is 31.8 Å². The van der Waals surface area contributed by atoms with Crippen molar-refractivity contribution in [2.24, 2.45) is 11.7 Å². The maximum absolute atomic E-state index is 12.2. The third-order valence-corrected chi connectivity index (χ3v) is 4.52. The number of nitrogens with zero attached hydrogens (tertiary/aromatic N) is 3. The highest BCUT2D eigenvalue weighted by Gasteiger charge is 2.26. The zero-order chi connectivity index (χ0) is 14.4. The van der Waals surface area contributed by atoms with Crippen LogP contribution in [0.5, 0.6) is 0 Å². The monoisotopic (exact) mass is 332 g/mol. The molecule has 1 fully saturated rings. The van der Waals surface area contributed by atoms with Crippen molar-refractivity contribution >= 4 is 30.1 Å². The van der Waals surface area contributed by atoms with E-state index >= 15 is 0 Å². The molecule has 0 aromatic carbocycles. The Morgan fingerprint density at radius 1 is 1.48 bits per heavy atom. The van der Waals surface area contributed by atoms with Gasteiger partial charge in [-0.3, -0.25) is 9.48 Å². The normalized spacial score (nSPS) is 17.3. The Hall–Kier alpha value is -0.720. The lowest BCUT2D eigenvalue weighted by Crippen LogP contribution is -2.47. The van der Waals surface area contributed by atoms with E-state index in [1.807, 2.05) is 34.3 Å². The molecule has 1 amide bonds. The average molecular weight is 333 g/mol. The van der Waals surface area contributed by atoms with Gasteiger partial charge in [-0.1, -0.05) is 0 Å². The van der Waals surface area contributed by atoms with E-state index in [0.717, 1.165) is 44.6 Å². The van der Waals surface area contributed by atoms with Crippen molar-refractivity contribution < 1.29 is 4.79 Å². The summed E-state index contributed by atoms with van der Waals surface area (Å²) in [7, 11) is 0. The Bertz CT molecular complexity index is 407. The molecule has 1 saturated heterocycles. The Labute approximate surface area is 137 Å². The first-order valence-corrected chi connectivity index (χ1v) is 8.61. The molecule has 1 aliphatic rings. The Kier molecular flexibility index (Phi) is 8.14. The van der Waals surface area contributed by atoms with E-state index in [-0.39, 0.29) is 24.4 Å². The number of carbonyl (C=O) groups excluding carboxylic acids is 1. The molecular weight excluding hydrogens is 308 g/mol. The van der Waals surface area contributed by atoms with Crippen LogP contribution in [0.4, 0.5) is 0 Å². The van der Waals surface area contributed by atoms with E-state index in [0.29, 0.717) is 5.92 Å². The molecule has 0 spiro atoms. The van der Waals surface area contributed by atoms with Gasteiger partial charge >= 0.3 is 0 Å². The van der Waals surface area contributed by atoms with Gasteiger partial charge in [0.15, 0.2) is 0 Å². The second-order valence-corrected chi connectivity index (χ2v) is 6.37. The third kappa shape index (κ3) is 5.52. The lowest BCUT2D eigenvalue weighted by Gasteiger charge is -2.33. The van der Waals surface area contributed by atoms with Crippen LogP contribution in [-0.4, -0.2) is 51.7 Å². The number of hydrogen-bond acceptors (Lipinski definition) is 4. The summed E-state index contributed by atoms with van der Waals surface area (Å²) in [4.78, 5) is 14.1. The van der Waals surface area contributed by atoms with Crippen molar-refractivity contribution in [3.05, 3.63) is 18.5 Å². The molecule has 0 aliphatic carbocycles. The van der Waals surface area contributed by atoms with Gasteiger partial charge in [0.1, 0.15) is 0 Å². The second-order valence-electron chi connectivity index (χ2n) is 5.38. The van der Waals surface area contributed by atoms with Crippen LogP contribution in [0.25, 0.3) is 0 Å². The summed E-state index contributed by atoms with van der Waals surface area (Å²) < 4.78 is 1.98. The van der Waals surface area contributed by atoms with Crippen molar-refractivity contribution in [1.82, 2.24) is 14.7 Å². The molecule has 1 aliphatic heterocycles. The molecule has 2 N–H and O–H groups in total. The van der Waals surface area contributed by atoms with Gasteiger partial charge < -0.3 is 10.6 Å². The largest absolute Gasteiger partial charge is 0.341 e. The average Bonchev–Trinajstić information content (AvgIpc) is 2.97. The second kappa shape index (κ2) is 9.33. The van der Waals surface area contributed by atoms with E-state index in [4.69, 9.17) is 5.73 Å². The number of piperidine rings is 1. The van der Waals surface area contributed by atoms with Crippen LogP contribution >= 0.6 is 24.2 Å². The minimum Gasteiger partial charge on any atom is -0.341 e. The Balaban J connectivity index is 0.00000220. The fourth-order valence-corrected chi connectivity index (χ4v) is 3.10. The lowest BCUT2D eigenvalue weighted by atomic mass is 9.96. The zero-order valence-corrected chi connectivity index (χ0v) is 14.1. The molecule has 0 saturated carbocycles. The molecule has 0 radical (unpaired) electrons. The van der Waals surface area contributed by atoms with E-state index in [1.54, 1.807) is 11.8 Å². The van der Waals surface area contributed by atoms with Crippen LogP contribution in [0.1, 0.15) is 19.3 Å². The molecule has 2 rings (SSSR count). The number of thioether (sulfide) groups is 1. The van der Waals surface area contributed by atoms with Gasteiger partial charge in [-0.05, 0) is 43.3 Å². The number of carbonyl (C=O) groups is 1. The lowest BCUT2D eigenvalue weighted by molar-refractivity contribution is -0.134. The molecule has 7 heteroatoms. The summed E-state index contributed by atoms with van der Waals surface area (Å²) in [5.41, 5.74) is 5.96. The van der Waals surface area contributed by atoms with Crippen LogP contribution in [0.3, 0.4) is 0 Å². The third-order valence-electron chi connectivity index (χ3n) is 3.88. The standard InChI is InChI=1S/C14H24N4OS.ClH/c1-20-10-5-13(15)14(19)17-8-3-12(4-9-17)11-18-7-2-6-16-18;/h2,6-7,12-13H,3-5,8-11,15H2,1H3;1H/t13-;/m0./s1. The van der Waals surface area contributed by atoms with Crippen LogP contribution in [0.2, 0.25) is 0 Å². The summed E-state index contributed by atoms with van der Waals surface area (Å²) in [5, 5.41) is 4.24. The van der Waals surface area contributed by atoms with Crippen LogP contribution in [-0.2, 0) is 11.3 Å². The molecule has 2 heterocycles. The Morgan fingerprint density at radius 3 is 2.76 bits per heavy atom. The van der Waals surface area contributed by atoms with Gasteiger partial charge in [-0.15, -0.1) is 12.4 Å². The van der Waals surface area contributed by atoms with Crippen molar-refractivity contribution in [1.29, 1.82) is 0 Å². The van der Waals surface area contributed by atoms with Crippen molar-refractivity contribution in [2.75, 3.05) is 25.1 Å². The smallest absolute Gasteiger partial charge is 0.239 e. The molecule has 1 atom stereocenters. The number of rotatable bonds is 6. The molecule has 21 heavy (non-hydrogen) atoms. The van der Waals surface area contributed by atoms with Crippen LogP contribution in [0.15, 0.2) is 18.5 Å². The first-order chi connectivity index (χ1) is 9.70. The highest BCUT2D eigenvalue weighted by Crippen LogP contribution is 2.19. The summed E-state index contributed by atoms with van der Waals surface area (Å²) >= 11 is 1.74. The number of likely N-dealkylation sites (tertiary alicyclic amines) is 1. The predicted molar refractivity (Wildman–Crippen MR) is 89.8 cm³/mol. The van der Waals surface area contributed by atoms with E-state index in [9.17, 15) is 4.79 Å². The molecule has 5 nitrogen and oxygen atoms in total. The number of nitrogens with two attached hydrogens (primary N) is 1. The number of hydrogen-bond donors (Lipinski definition) is 1. The highest BCUT2D eigenvalue weighted by atomic mass is 35.5. The quantitative estimate of drug-likeness (QED) is 0.860. The summed E-state index contributed by atoms with van der Waals surface area (Å²) in [6.07, 6.45) is 8.70. The van der Waals surface area contributed by atoms with Crippen LogP contribution < -0.4 is 5.73 Å². The summed E-state index contributed by atoms with van der Waals surface area (Å²) in [5.74, 6) is 1.68. The minimum atomic E-state index is -0.329. The molecule has 0 unspecified atom stereocenters. The number of amides is 1.